The van der Waals surface area contributed by atoms with Crippen molar-refractivity contribution >= 4 is 0 Å². The number of H-pyrrole nitrogens is 1. The minimum absolute atomic E-state index is 0.145. The van der Waals surface area contributed by atoms with Crippen LogP contribution in [0.5, 0.6) is 5.75 Å². The molecule has 0 amide bonds. The normalized spacial score (nSPS) is 12.9. The van der Waals surface area contributed by atoms with Gasteiger partial charge < -0.3 is 10.8 Å². The Labute approximate surface area is 99.7 Å². The Morgan fingerprint density at radius 3 is 2.47 bits per heavy atom. The Hall–Kier alpha value is -1.88. The molecule has 0 aliphatic heterocycles. The molecule has 0 saturated carbocycles. The molecule has 90 valence electrons. The van der Waals surface area contributed by atoms with Crippen LogP contribution in [-0.4, -0.2) is 20.3 Å². The van der Waals surface area contributed by atoms with Crippen LogP contribution in [-0.2, 0) is 0 Å². The van der Waals surface area contributed by atoms with Crippen molar-refractivity contribution in [3.8, 4) is 17.1 Å². The van der Waals surface area contributed by atoms with Crippen molar-refractivity contribution in [2.45, 2.75) is 19.9 Å². The van der Waals surface area contributed by atoms with Gasteiger partial charge in [-0.3, -0.25) is 5.10 Å². The van der Waals surface area contributed by atoms with Gasteiger partial charge in [-0.15, -0.1) is 0 Å². The number of hydrogen-bond acceptors (Lipinski definition) is 4. The van der Waals surface area contributed by atoms with Crippen LogP contribution in [0.4, 0.5) is 0 Å². The zero-order chi connectivity index (χ0) is 12.4. The number of phenols is 1. The first-order valence-corrected chi connectivity index (χ1v) is 5.55. The van der Waals surface area contributed by atoms with Crippen LogP contribution in [0, 0.1) is 5.92 Å². The third kappa shape index (κ3) is 2.45. The number of hydrogen-bond donors (Lipinski definition) is 3. The summed E-state index contributed by atoms with van der Waals surface area (Å²) in [4.78, 5) is 4.36. The summed E-state index contributed by atoms with van der Waals surface area (Å²) >= 11 is 0. The maximum absolute atomic E-state index is 9.20. The van der Waals surface area contributed by atoms with Crippen molar-refractivity contribution in [1.82, 2.24) is 15.2 Å². The molecule has 0 saturated heterocycles. The summed E-state index contributed by atoms with van der Waals surface area (Å²) in [6, 6.07) is 6.60. The van der Waals surface area contributed by atoms with Crippen molar-refractivity contribution in [1.29, 1.82) is 0 Å². The van der Waals surface area contributed by atoms with E-state index in [4.69, 9.17) is 5.73 Å². The van der Waals surface area contributed by atoms with E-state index in [-0.39, 0.29) is 11.8 Å². The molecule has 17 heavy (non-hydrogen) atoms. The number of nitrogens with one attached hydrogen (secondary N) is 1. The molecule has 0 spiro atoms. The highest BCUT2D eigenvalue weighted by Gasteiger charge is 2.15. The Balaban J connectivity index is 2.26. The molecular weight excluding hydrogens is 216 g/mol. The lowest BCUT2D eigenvalue weighted by Crippen LogP contribution is -2.18. The molecule has 0 unspecified atom stereocenters. The average molecular weight is 232 g/mol. The molecule has 5 nitrogen and oxygen atoms in total. The van der Waals surface area contributed by atoms with Gasteiger partial charge in [0.1, 0.15) is 11.6 Å². The molecule has 1 atom stereocenters. The highest BCUT2D eigenvalue weighted by Crippen LogP contribution is 2.21. The van der Waals surface area contributed by atoms with Crippen LogP contribution < -0.4 is 5.73 Å². The van der Waals surface area contributed by atoms with E-state index in [0.29, 0.717) is 17.6 Å². The van der Waals surface area contributed by atoms with Crippen LogP contribution >= 0.6 is 0 Å². The summed E-state index contributed by atoms with van der Waals surface area (Å²) in [7, 11) is 0. The fraction of sp³-hybridized carbons (Fsp3) is 0.333. The molecule has 2 aromatic rings. The van der Waals surface area contributed by atoms with E-state index in [9.17, 15) is 5.11 Å². The Kier molecular flexibility index (Phi) is 3.10. The van der Waals surface area contributed by atoms with Crippen molar-refractivity contribution in [2.75, 3.05) is 0 Å². The summed E-state index contributed by atoms with van der Waals surface area (Å²) in [5.41, 5.74) is 6.83. The Morgan fingerprint density at radius 1 is 1.24 bits per heavy atom. The topological polar surface area (TPSA) is 87.8 Å². The van der Waals surface area contributed by atoms with Crippen molar-refractivity contribution < 1.29 is 5.11 Å². The Morgan fingerprint density at radius 2 is 1.88 bits per heavy atom. The first-order valence-electron chi connectivity index (χ1n) is 5.55. The van der Waals surface area contributed by atoms with E-state index in [0.717, 1.165) is 5.56 Å². The fourth-order valence-corrected chi connectivity index (χ4v) is 1.48. The number of aromatic hydroxyl groups is 1. The molecule has 1 heterocycles. The standard InChI is InChI=1S/C12H16N4O/c1-7(2)10(13)12-14-11(15-16-12)8-3-5-9(17)6-4-8/h3-7,10,17H,13H2,1-2H3,(H,14,15,16)/t10-/m1/s1. The highest BCUT2D eigenvalue weighted by molar-refractivity contribution is 5.55. The summed E-state index contributed by atoms with van der Waals surface area (Å²) < 4.78 is 0. The maximum atomic E-state index is 9.20. The van der Waals surface area contributed by atoms with E-state index in [1.165, 1.54) is 0 Å². The first kappa shape index (κ1) is 11.6. The molecular formula is C12H16N4O. The van der Waals surface area contributed by atoms with Crippen molar-refractivity contribution in [3.63, 3.8) is 0 Å². The largest absolute Gasteiger partial charge is 0.508 e. The lowest BCUT2D eigenvalue weighted by atomic mass is 10.1. The molecule has 0 bridgehead atoms. The van der Waals surface area contributed by atoms with Crippen LogP contribution in [0.1, 0.15) is 25.7 Å². The molecule has 1 aromatic carbocycles. The zero-order valence-corrected chi connectivity index (χ0v) is 9.88. The van der Waals surface area contributed by atoms with Gasteiger partial charge in [0.25, 0.3) is 0 Å². The molecule has 0 radical (unpaired) electrons. The second kappa shape index (κ2) is 4.55. The van der Waals surface area contributed by atoms with E-state index < -0.39 is 0 Å². The predicted molar refractivity (Wildman–Crippen MR) is 65.2 cm³/mol. The van der Waals surface area contributed by atoms with Gasteiger partial charge in [0.05, 0.1) is 6.04 Å². The van der Waals surface area contributed by atoms with Gasteiger partial charge in [0.2, 0.25) is 0 Å². The molecule has 4 N–H and O–H groups in total. The van der Waals surface area contributed by atoms with E-state index in [2.05, 4.69) is 15.2 Å². The predicted octanol–water partition coefficient (Wildman–Crippen LogP) is 1.83. The van der Waals surface area contributed by atoms with E-state index in [1.54, 1.807) is 24.3 Å². The smallest absolute Gasteiger partial charge is 0.181 e. The van der Waals surface area contributed by atoms with E-state index >= 15 is 0 Å². The fourth-order valence-electron chi connectivity index (χ4n) is 1.48. The molecule has 0 aliphatic rings. The number of benzene rings is 1. The SMILES string of the molecule is CC(C)[C@@H](N)c1nc(-c2ccc(O)cc2)n[nH]1. The van der Waals surface area contributed by atoms with Gasteiger partial charge in [-0.25, -0.2) is 4.98 Å². The van der Waals surface area contributed by atoms with Crippen LogP contribution in [0.3, 0.4) is 0 Å². The lowest BCUT2D eigenvalue weighted by Gasteiger charge is -2.11. The van der Waals surface area contributed by atoms with Gasteiger partial charge in [-0.1, -0.05) is 13.8 Å². The van der Waals surface area contributed by atoms with E-state index in [1.807, 2.05) is 13.8 Å². The number of nitrogens with two attached hydrogens (primary N) is 1. The third-order valence-electron chi connectivity index (χ3n) is 2.66. The van der Waals surface area contributed by atoms with Crippen LogP contribution in [0.25, 0.3) is 11.4 Å². The zero-order valence-electron chi connectivity index (χ0n) is 9.88. The second-order valence-electron chi connectivity index (χ2n) is 4.36. The van der Waals surface area contributed by atoms with Crippen molar-refractivity contribution in [3.05, 3.63) is 30.1 Å². The van der Waals surface area contributed by atoms with Gasteiger partial charge in [0.15, 0.2) is 5.82 Å². The molecule has 5 heteroatoms. The molecule has 0 aliphatic carbocycles. The maximum Gasteiger partial charge on any atom is 0.181 e. The molecule has 2 rings (SSSR count). The minimum Gasteiger partial charge on any atom is -0.508 e. The van der Waals surface area contributed by atoms with Gasteiger partial charge in [-0.05, 0) is 30.2 Å². The quantitative estimate of drug-likeness (QED) is 0.753. The number of aromatic nitrogens is 3. The number of nitrogens with zero attached hydrogens (tertiary/aromatic N) is 2. The van der Waals surface area contributed by atoms with Gasteiger partial charge >= 0.3 is 0 Å². The minimum atomic E-state index is -0.145. The number of rotatable bonds is 3. The second-order valence-corrected chi connectivity index (χ2v) is 4.36. The molecule has 1 aromatic heterocycles. The third-order valence-corrected chi connectivity index (χ3v) is 2.66. The number of phenolic OH excluding ortho intramolecular Hbond substituents is 1. The summed E-state index contributed by atoms with van der Waals surface area (Å²) in [6.45, 7) is 4.07. The summed E-state index contributed by atoms with van der Waals surface area (Å²) in [5.74, 6) is 1.80. The van der Waals surface area contributed by atoms with Crippen molar-refractivity contribution in [2.24, 2.45) is 11.7 Å². The van der Waals surface area contributed by atoms with Gasteiger partial charge in [0, 0.05) is 5.56 Å². The Bertz CT molecular complexity index is 489. The summed E-state index contributed by atoms with van der Waals surface area (Å²) in [5, 5.41) is 16.2. The van der Waals surface area contributed by atoms with Gasteiger partial charge in [-0.2, -0.15) is 5.10 Å². The monoisotopic (exact) mass is 232 g/mol. The first-order chi connectivity index (χ1) is 8.08. The van der Waals surface area contributed by atoms with Crippen LogP contribution in [0.15, 0.2) is 24.3 Å². The molecule has 0 fully saturated rings. The summed E-state index contributed by atoms with van der Waals surface area (Å²) in [6.07, 6.45) is 0. The highest BCUT2D eigenvalue weighted by atomic mass is 16.3. The lowest BCUT2D eigenvalue weighted by molar-refractivity contribution is 0.475. The number of aromatic amines is 1. The average Bonchev–Trinajstić information content (AvgIpc) is 2.78. The van der Waals surface area contributed by atoms with Crippen LogP contribution in [0.2, 0.25) is 0 Å².